The Morgan fingerprint density at radius 3 is 3.06 bits per heavy atom. The lowest BCUT2D eigenvalue weighted by Gasteiger charge is -2.27. The normalized spacial score (nSPS) is 21.6. The van der Waals surface area contributed by atoms with Crippen LogP contribution in [0.2, 0.25) is 0 Å². The summed E-state index contributed by atoms with van der Waals surface area (Å²) in [5.41, 5.74) is 0.873. The fourth-order valence-electron chi connectivity index (χ4n) is 2.61. The third-order valence-electron chi connectivity index (χ3n) is 3.74. The summed E-state index contributed by atoms with van der Waals surface area (Å²) in [5.74, 6) is -0.178. The fourth-order valence-corrected chi connectivity index (χ4v) is 2.61. The van der Waals surface area contributed by atoms with Crippen molar-refractivity contribution < 1.29 is 4.39 Å². The van der Waals surface area contributed by atoms with E-state index in [1.165, 1.54) is 38.3 Å². The molecule has 0 aromatic heterocycles. The molecule has 2 rings (SSSR count). The predicted octanol–water partition coefficient (Wildman–Crippen LogP) is 3.50. The molecule has 2 nitrogen and oxygen atoms in total. The number of benzene rings is 1. The molecule has 0 spiro atoms. The number of rotatable bonds is 4. The lowest BCUT2D eigenvalue weighted by atomic mass is 10.1. The Bertz CT molecular complexity index is 367. The third-order valence-corrected chi connectivity index (χ3v) is 3.74. The van der Waals surface area contributed by atoms with Gasteiger partial charge in [-0.2, -0.15) is 0 Å². The van der Waals surface area contributed by atoms with E-state index in [1.54, 1.807) is 12.1 Å². The van der Waals surface area contributed by atoms with Gasteiger partial charge in [-0.3, -0.25) is 4.90 Å². The molecule has 1 atom stereocenters. The summed E-state index contributed by atoms with van der Waals surface area (Å²) < 4.78 is 13.0. The predicted molar refractivity (Wildman–Crippen MR) is 74.4 cm³/mol. The van der Waals surface area contributed by atoms with Gasteiger partial charge in [0.2, 0.25) is 0 Å². The van der Waals surface area contributed by atoms with Gasteiger partial charge in [0.05, 0.1) is 0 Å². The smallest absolute Gasteiger partial charge is 0.125 e. The second-order valence-corrected chi connectivity index (χ2v) is 5.17. The number of likely N-dealkylation sites (tertiary alicyclic amines) is 1. The first-order valence-corrected chi connectivity index (χ1v) is 6.99. The van der Waals surface area contributed by atoms with E-state index in [0.29, 0.717) is 6.04 Å². The van der Waals surface area contributed by atoms with Gasteiger partial charge in [-0.05, 0) is 44.5 Å². The molecule has 18 heavy (non-hydrogen) atoms. The third kappa shape index (κ3) is 3.98. The molecule has 0 radical (unpaired) electrons. The zero-order valence-corrected chi connectivity index (χ0v) is 11.2. The van der Waals surface area contributed by atoms with E-state index in [4.69, 9.17) is 0 Å². The number of nitrogens with zero attached hydrogens (tertiary/aromatic N) is 1. The molecule has 0 aliphatic carbocycles. The SMILES string of the molecule is CC1CCCCCN1CCNc1cccc(F)c1. The van der Waals surface area contributed by atoms with Crippen LogP contribution in [0.15, 0.2) is 24.3 Å². The minimum Gasteiger partial charge on any atom is -0.384 e. The molecular weight excluding hydrogens is 227 g/mol. The van der Waals surface area contributed by atoms with Crippen molar-refractivity contribution in [2.24, 2.45) is 0 Å². The van der Waals surface area contributed by atoms with Crippen molar-refractivity contribution in [2.75, 3.05) is 25.0 Å². The second-order valence-electron chi connectivity index (χ2n) is 5.17. The molecule has 0 saturated carbocycles. The van der Waals surface area contributed by atoms with E-state index < -0.39 is 0 Å². The molecule has 1 aliphatic heterocycles. The van der Waals surface area contributed by atoms with Gasteiger partial charge >= 0.3 is 0 Å². The zero-order valence-electron chi connectivity index (χ0n) is 11.2. The standard InChI is InChI=1S/C15H23FN2/c1-13-6-3-2-4-10-18(13)11-9-17-15-8-5-7-14(16)12-15/h5,7-8,12-13,17H,2-4,6,9-11H2,1H3. The van der Waals surface area contributed by atoms with E-state index in [2.05, 4.69) is 17.1 Å². The Labute approximate surface area is 109 Å². The van der Waals surface area contributed by atoms with Crippen molar-refractivity contribution in [3.05, 3.63) is 30.1 Å². The van der Waals surface area contributed by atoms with E-state index in [9.17, 15) is 4.39 Å². The Kier molecular flexibility index (Phi) is 5.00. The highest BCUT2D eigenvalue weighted by atomic mass is 19.1. The van der Waals surface area contributed by atoms with Crippen LogP contribution in [0.3, 0.4) is 0 Å². The summed E-state index contributed by atoms with van der Waals surface area (Å²) in [4.78, 5) is 2.54. The summed E-state index contributed by atoms with van der Waals surface area (Å²) in [5, 5.41) is 3.29. The fraction of sp³-hybridized carbons (Fsp3) is 0.600. The number of anilines is 1. The van der Waals surface area contributed by atoms with Crippen molar-refractivity contribution in [1.82, 2.24) is 4.90 Å². The van der Waals surface area contributed by atoms with Crippen LogP contribution in [0, 0.1) is 5.82 Å². The first-order chi connectivity index (χ1) is 8.75. The van der Waals surface area contributed by atoms with Crippen molar-refractivity contribution in [1.29, 1.82) is 0 Å². The largest absolute Gasteiger partial charge is 0.384 e. The summed E-state index contributed by atoms with van der Waals surface area (Å²) in [6.45, 7) is 5.44. The van der Waals surface area contributed by atoms with Gasteiger partial charge in [0, 0.05) is 24.8 Å². The maximum Gasteiger partial charge on any atom is 0.125 e. The van der Waals surface area contributed by atoms with Gasteiger partial charge in [0.15, 0.2) is 0 Å². The van der Waals surface area contributed by atoms with Crippen LogP contribution in [0.25, 0.3) is 0 Å². The molecule has 0 bridgehead atoms. The summed E-state index contributed by atoms with van der Waals surface area (Å²) in [6.07, 6.45) is 5.33. The Morgan fingerprint density at radius 2 is 2.22 bits per heavy atom. The molecule has 1 aromatic carbocycles. The molecule has 1 aliphatic rings. The molecule has 1 unspecified atom stereocenters. The number of halogens is 1. The highest BCUT2D eigenvalue weighted by molar-refractivity contribution is 5.42. The van der Waals surface area contributed by atoms with Crippen molar-refractivity contribution in [2.45, 2.75) is 38.6 Å². The average molecular weight is 250 g/mol. The number of hydrogen-bond acceptors (Lipinski definition) is 2. The van der Waals surface area contributed by atoms with Crippen LogP contribution in [0.1, 0.15) is 32.6 Å². The highest BCUT2D eigenvalue weighted by Crippen LogP contribution is 2.16. The van der Waals surface area contributed by atoms with Crippen molar-refractivity contribution in [3.8, 4) is 0 Å². The van der Waals surface area contributed by atoms with Crippen LogP contribution in [-0.2, 0) is 0 Å². The summed E-state index contributed by atoms with van der Waals surface area (Å²) in [7, 11) is 0. The molecule has 0 amide bonds. The summed E-state index contributed by atoms with van der Waals surface area (Å²) >= 11 is 0. The van der Waals surface area contributed by atoms with Crippen LogP contribution in [0.5, 0.6) is 0 Å². The maximum absolute atomic E-state index is 13.0. The van der Waals surface area contributed by atoms with Gasteiger partial charge < -0.3 is 5.32 Å². The van der Waals surface area contributed by atoms with Crippen LogP contribution < -0.4 is 5.32 Å². The number of nitrogens with one attached hydrogen (secondary N) is 1. The monoisotopic (exact) mass is 250 g/mol. The Balaban J connectivity index is 1.77. The maximum atomic E-state index is 13.0. The lowest BCUT2D eigenvalue weighted by molar-refractivity contribution is 0.222. The minimum absolute atomic E-state index is 0.178. The molecule has 3 heteroatoms. The molecule has 1 fully saturated rings. The van der Waals surface area contributed by atoms with Crippen molar-refractivity contribution >= 4 is 5.69 Å². The molecular formula is C15H23FN2. The highest BCUT2D eigenvalue weighted by Gasteiger charge is 2.15. The lowest BCUT2D eigenvalue weighted by Crippen LogP contribution is -2.36. The zero-order chi connectivity index (χ0) is 12.8. The first kappa shape index (κ1) is 13.3. The van der Waals surface area contributed by atoms with Gasteiger partial charge in [0.25, 0.3) is 0 Å². The minimum atomic E-state index is -0.178. The summed E-state index contributed by atoms with van der Waals surface area (Å²) in [6, 6.07) is 7.36. The van der Waals surface area contributed by atoms with E-state index in [-0.39, 0.29) is 5.82 Å². The molecule has 1 heterocycles. The van der Waals surface area contributed by atoms with E-state index in [1.807, 2.05) is 6.07 Å². The van der Waals surface area contributed by atoms with Gasteiger partial charge in [-0.1, -0.05) is 18.9 Å². The molecule has 1 aromatic rings. The van der Waals surface area contributed by atoms with Crippen molar-refractivity contribution in [3.63, 3.8) is 0 Å². The van der Waals surface area contributed by atoms with Gasteiger partial charge in [-0.15, -0.1) is 0 Å². The average Bonchev–Trinajstić information content (AvgIpc) is 2.55. The van der Waals surface area contributed by atoms with Crippen LogP contribution >= 0.6 is 0 Å². The van der Waals surface area contributed by atoms with E-state index >= 15 is 0 Å². The second kappa shape index (κ2) is 6.74. The molecule has 1 saturated heterocycles. The Morgan fingerprint density at radius 1 is 1.33 bits per heavy atom. The topological polar surface area (TPSA) is 15.3 Å². The van der Waals surface area contributed by atoms with Crippen LogP contribution in [-0.4, -0.2) is 30.6 Å². The van der Waals surface area contributed by atoms with Gasteiger partial charge in [0.1, 0.15) is 5.82 Å². The van der Waals surface area contributed by atoms with E-state index in [0.717, 1.165) is 18.8 Å². The quantitative estimate of drug-likeness (QED) is 0.879. The first-order valence-electron chi connectivity index (χ1n) is 6.99. The number of hydrogen-bond donors (Lipinski definition) is 1. The molecule has 1 N–H and O–H groups in total. The van der Waals surface area contributed by atoms with Gasteiger partial charge in [-0.25, -0.2) is 4.39 Å². The Hall–Kier alpha value is -1.09. The van der Waals surface area contributed by atoms with Crippen LogP contribution in [0.4, 0.5) is 10.1 Å². The molecule has 100 valence electrons.